The van der Waals surface area contributed by atoms with Gasteiger partial charge in [0.2, 0.25) is 0 Å². The minimum absolute atomic E-state index is 0.111. The van der Waals surface area contributed by atoms with Crippen molar-refractivity contribution in [1.82, 2.24) is 14.5 Å². The zero-order valence-corrected chi connectivity index (χ0v) is 15.1. The molecule has 2 heterocycles. The van der Waals surface area contributed by atoms with Crippen LogP contribution in [0.2, 0.25) is 0 Å². The first-order valence-electron chi connectivity index (χ1n) is 9.01. The van der Waals surface area contributed by atoms with E-state index in [1.807, 2.05) is 31.3 Å². The summed E-state index contributed by atoms with van der Waals surface area (Å²) < 4.78 is 2.14. The van der Waals surface area contributed by atoms with Gasteiger partial charge in [0, 0.05) is 19.8 Å². The monoisotopic (exact) mass is 341 g/mol. The van der Waals surface area contributed by atoms with Gasteiger partial charge >= 0.3 is 5.97 Å². The van der Waals surface area contributed by atoms with Crippen LogP contribution in [-0.2, 0) is 18.4 Å². The molecule has 0 spiro atoms. The summed E-state index contributed by atoms with van der Waals surface area (Å²) in [5.74, 6) is 0.875. The number of imidazole rings is 1. The highest BCUT2D eigenvalue weighted by Gasteiger charge is 2.29. The van der Waals surface area contributed by atoms with Crippen molar-refractivity contribution in [3.63, 3.8) is 0 Å². The third kappa shape index (κ3) is 4.28. The highest BCUT2D eigenvalue weighted by molar-refractivity contribution is 5.68. The predicted molar refractivity (Wildman–Crippen MR) is 97.4 cm³/mol. The Bertz CT molecular complexity index is 703. The molecule has 2 aromatic rings. The maximum Gasteiger partial charge on any atom is 0.303 e. The van der Waals surface area contributed by atoms with E-state index in [-0.39, 0.29) is 12.3 Å². The number of rotatable bonds is 6. The predicted octanol–water partition coefficient (Wildman–Crippen LogP) is 3.20. The molecule has 1 aromatic carbocycles. The van der Waals surface area contributed by atoms with Gasteiger partial charge in [-0.2, -0.15) is 0 Å². The second-order valence-electron chi connectivity index (χ2n) is 7.08. The largest absolute Gasteiger partial charge is 0.481 e. The summed E-state index contributed by atoms with van der Waals surface area (Å²) in [7, 11) is 2.06. The van der Waals surface area contributed by atoms with Crippen LogP contribution in [0.15, 0.2) is 36.5 Å². The Kier molecular flexibility index (Phi) is 5.53. The fraction of sp³-hybridized carbons (Fsp3) is 0.500. The van der Waals surface area contributed by atoms with Gasteiger partial charge in [-0.05, 0) is 50.3 Å². The molecule has 134 valence electrons. The quantitative estimate of drug-likeness (QED) is 0.876. The van der Waals surface area contributed by atoms with Crippen molar-refractivity contribution in [2.75, 3.05) is 13.1 Å². The number of hydrogen-bond donors (Lipinski definition) is 1. The highest BCUT2D eigenvalue weighted by atomic mass is 16.4. The average molecular weight is 341 g/mol. The molecule has 5 heteroatoms. The summed E-state index contributed by atoms with van der Waals surface area (Å²) in [4.78, 5) is 18.2. The summed E-state index contributed by atoms with van der Waals surface area (Å²) in [6.07, 6.45) is 4.27. The lowest BCUT2D eigenvalue weighted by molar-refractivity contribution is -0.137. The van der Waals surface area contributed by atoms with Gasteiger partial charge in [0.25, 0.3) is 0 Å². The van der Waals surface area contributed by atoms with Gasteiger partial charge < -0.3 is 9.67 Å². The van der Waals surface area contributed by atoms with E-state index in [1.54, 1.807) is 0 Å². The lowest BCUT2D eigenvalue weighted by Gasteiger charge is -2.36. The summed E-state index contributed by atoms with van der Waals surface area (Å²) >= 11 is 0. The molecule has 1 aliphatic heterocycles. The van der Waals surface area contributed by atoms with Gasteiger partial charge in [-0.25, -0.2) is 4.98 Å². The maximum atomic E-state index is 11.4. The zero-order valence-electron chi connectivity index (χ0n) is 15.1. The normalized spacial score (nSPS) is 17.5. The van der Waals surface area contributed by atoms with Crippen LogP contribution in [0.3, 0.4) is 0 Å². The van der Waals surface area contributed by atoms with Crippen molar-refractivity contribution >= 4 is 5.97 Å². The highest BCUT2D eigenvalue weighted by Crippen LogP contribution is 2.35. The minimum Gasteiger partial charge on any atom is -0.481 e. The molecule has 0 amide bonds. The lowest BCUT2D eigenvalue weighted by atomic mass is 9.78. The van der Waals surface area contributed by atoms with Crippen LogP contribution in [0.25, 0.3) is 0 Å². The number of carbonyl (C=O) groups is 1. The molecule has 3 rings (SSSR count). The molecule has 0 radical (unpaired) electrons. The molecule has 1 fully saturated rings. The van der Waals surface area contributed by atoms with Crippen LogP contribution >= 0.6 is 0 Å². The number of carboxylic acids is 1. The zero-order chi connectivity index (χ0) is 17.8. The molecular formula is C20H27N3O2. The average Bonchev–Trinajstić information content (AvgIpc) is 2.93. The number of carboxylic acid groups (broad SMARTS) is 1. The third-order valence-electron chi connectivity index (χ3n) is 5.53. The second kappa shape index (κ2) is 7.83. The van der Waals surface area contributed by atoms with Crippen molar-refractivity contribution in [2.24, 2.45) is 13.0 Å². The fourth-order valence-electron chi connectivity index (χ4n) is 3.88. The molecule has 5 nitrogen and oxygen atoms in total. The van der Waals surface area contributed by atoms with E-state index in [0.717, 1.165) is 43.9 Å². The Labute approximate surface area is 149 Å². The first kappa shape index (κ1) is 17.7. The number of aromatic nitrogens is 2. The molecule has 0 aliphatic carbocycles. The SMILES string of the molecule is Cc1ncc(CN2CCC(C(CC(=O)O)c3ccccc3)CC2)n1C. The molecule has 25 heavy (non-hydrogen) atoms. The van der Waals surface area contributed by atoms with Gasteiger partial charge in [-0.3, -0.25) is 9.69 Å². The number of likely N-dealkylation sites (tertiary alicyclic amines) is 1. The number of piperidine rings is 1. The number of hydrogen-bond acceptors (Lipinski definition) is 3. The first-order chi connectivity index (χ1) is 12.0. The molecule has 0 bridgehead atoms. The van der Waals surface area contributed by atoms with E-state index < -0.39 is 5.97 Å². The number of nitrogens with zero attached hydrogens (tertiary/aromatic N) is 3. The van der Waals surface area contributed by atoms with E-state index in [1.165, 1.54) is 5.69 Å². The summed E-state index contributed by atoms with van der Waals surface area (Å²) in [6, 6.07) is 10.1. The van der Waals surface area contributed by atoms with Crippen LogP contribution < -0.4 is 0 Å². The van der Waals surface area contributed by atoms with Gasteiger partial charge in [0.15, 0.2) is 0 Å². The van der Waals surface area contributed by atoms with Gasteiger partial charge in [0.1, 0.15) is 5.82 Å². The third-order valence-corrected chi connectivity index (χ3v) is 5.53. The van der Waals surface area contributed by atoms with Crippen molar-refractivity contribution in [3.05, 3.63) is 53.6 Å². The van der Waals surface area contributed by atoms with Crippen molar-refractivity contribution in [2.45, 2.75) is 38.6 Å². The van der Waals surface area contributed by atoms with Crippen molar-refractivity contribution < 1.29 is 9.90 Å². The molecule has 1 aromatic heterocycles. The Morgan fingerprint density at radius 2 is 1.96 bits per heavy atom. The Morgan fingerprint density at radius 1 is 1.28 bits per heavy atom. The fourth-order valence-corrected chi connectivity index (χ4v) is 3.88. The van der Waals surface area contributed by atoms with Crippen molar-refractivity contribution in [3.8, 4) is 0 Å². The number of aryl methyl sites for hydroxylation is 1. The van der Waals surface area contributed by atoms with Crippen LogP contribution in [0.4, 0.5) is 0 Å². The Morgan fingerprint density at radius 3 is 2.52 bits per heavy atom. The molecule has 1 atom stereocenters. The summed E-state index contributed by atoms with van der Waals surface area (Å²) in [6.45, 7) is 4.96. The Hall–Kier alpha value is -2.14. The van der Waals surface area contributed by atoms with Crippen LogP contribution in [0, 0.1) is 12.8 Å². The smallest absolute Gasteiger partial charge is 0.303 e. The summed E-state index contributed by atoms with van der Waals surface area (Å²) in [5, 5.41) is 9.34. The van der Waals surface area contributed by atoms with Gasteiger partial charge in [-0.1, -0.05) is 30.3 Å². The Balaban J connectivity index is 1.63. The number of benzene rings is 1. The van der Waals surface area contributed by atoms with E-state index in [2.05, 4.69) is 33.6 Å². The van der Waals surface area contributed by atoms with Crippen molar-refractivity contribution in [1.29, 1.82) is 0 Å². The van der Waals surface area contributed by atoms with Gasteiger partial charge in [0.05, 0.1) is 12.1 Å². The molecule has 0 saturated carbocycles. The first-order valence-corrected chi connectivity index (χ1v) is 9.01. The lowest BCUT2D eigenvalue weighted by Crippen LogP contribution is -2.36. The molecule has 1 saturated heterocycles. The van der Waals surface area contributed by atoms with Gasteiger partial charge in [-0.15, -0.1) is 0 Å². The molecular weight excluding hydrogens is 314 g/mol. The van der Waals surface area contributed by atoms with Crippen LogP contribution in [0.5, 0.6) is 0 Å². The van der Waals surface area contributed by atoms with E-state index in [9.17, 15) is 9.90 Å². The maximum absolute atomic E-state index is 11.4. The molecule has 1 unspecified atom stereocenters. The van der Waals surface area contributed by atoms with E-state index >= 15 is 0 Å². The topological polar surface area (TPSA) is 58.4 Å². The van der Waals surface area contributed by atoms with Crippen LogP contribution in [-0.4, -0.2) is 38.6 Å². The van der Waals surface area contributed by atoms with E-state index in [0.29, 0.717) is 5.92 Å². The van der Waals surface area contributed by atoms with Crippen LogP contribution in [0.1, 0.15) is 42.3 Å². The standard InChI is InChI=1S/C20H27N3O2/c1-15-21-13-18(22(15)2)14-23-10-8-17(9-11-23)19(12-20(24)25)16-6-4-3-5-7-16/h3-7,13,17,19H,8-12,14H2,1-2H3,(H,24,25). The number of aliphatic carboxylic acids is 1. The summed E-state index contributed by atoms with van der Waals surface area (Å²) in [5.41, 5.74) is 2.40. The minimum atomic E-state index is -0.707. The van der Waals surface area contributed by atoms with E-state index in [4.69, 9.17) is 0 Å². The molecule has 1 aliphatic rings. The molecule has 1 N–H and O–H groups in total. The second-order valence-corrected chi connectivity index (χ2v) is 7.08.